The second kappa shape index (κ2) is 6.97. The van der Waals surface area contributed by atoms with E-state index in [-0.39, 0.29) is 17.1 Å². The Morgan fingerprint density at radius 2 is 1.90 bits per heavy atom. The summed E-state index contributed by atoms with van der Waals surface area (Å²) in [6, 6.07) is 9.35. The van der Waals surface area contributed by atoms with Crippen LogP contribution in [-0.4, -0.2) is 30.4 Å². The zero-order valence-electron chi connectivity index (χ0n) is 15.0. The predicted molar refractivity (Wildman–Crippen MR) is 99.2 cm³/mol. The number of imidazole rings is 1. The van der Waals surface area contributed by atoms with Crippen LogP contribution >= 0.6 is 0 Å². The summed E-state index contributed by atoms with van der Waals surface area (Å²) in [7, 11) is 0. The Labute approximate surface area is 162 Å². The van der Waals surface area contributed by atoms with Crippen molar-refractivity contribution in [1.82, 2.24) is 24.5 Å². The maximum absolute atomic E-state index is 13.1. The van der Waals surface area contributed by atoms with E-state index in [0.29, 0.717) is 23.0 Å². The van der Waals surface area contributed by atoms with E-state index in [1.165, 1.54) is 13.1 Å². The van der Waals surface area contributed by atoms with E-state index in [1.54, 1.807) is 41.1 Å². The molecule has 0 saturated heterocycles. The van der Waals surface area contributed by atoms with Gasteiger partial charge >= 0.3 is 6.18 Å². The Morgan fingerprint density at radius 1 is 1.07 bits per heavy atom. The minimum absolute atomic E-state index is 0.0754. The molecule has 4 aromatic rings. The summed E-state index contributed by atoms with van der Waals surface area (Å²) in [4.78, 5) is 27.9. The van der Waals surface area contributed by atoms with Crippen LogP contribution in [0.25, 0.3) is 28.4 Å². The van der Waals surface area contributed by atoms with E-state index in [9.17, 15) is 18.0 Å². The smallest absolute Gasteiger partial charge is 0.311 e. The van der Waals surface area contributed by atoms with Gasteiger partial charge in [-0.05, 0) is 30.3 Å². The molecule has 0 aliphatic heterocycles. The molecule has 0 saturated carbocycles. The molecule has 0 bridgehead atoms. The lowest BCUT2D eigenvalue weighted by Crippen LogP contribution is -2.08. The molecule has 1 amide bonds. The third-order valence-corrected chi connectivity index (χ3v) is 4.03. The van der Waals surface area contributed by atoms with Crippen molar-refractivity contribution in [3.63, 3.8) is 0 Å². The lowest BCUT2D eigenvalue weighted by Gasteiger charge is -2.09. The Morgan fingerprint density at radius 3 is 2.52 bits per heavy atom. The number of fused-ring (bicyclic) bond motifs is 1. The SMILES string of the molecule is CC(=O)Nc1ccc(-n2c(-c3ccccn3)nc3cc(C(F)(F)F)cnc32)cn1. The molecule has 0 aliphatic rings. The lowest BCUT2D eigenvalue weighted by molar-refractivity contribution is -0.137. The first-order valence-corrected chi connectivity index (χ1v) is 8.44. The lowest BCUT2D eigenvalue weighted by atomic mass is 10.2. The number of pyridine rings is 3. The fraction of sp³-hybridized carbons (Fsp3) is 0.105. The number of carbonyl (C=O) groups excluding carboxylic acids is 1. The van der Waals surface area contributed by atoms with Gasteiger partial charge in [-0.1, -0.05) is 6.07 Å². The second-order valence-corrected chi connectivity index (χ2v) is 6.13. The highest BCUT2D eigenvalue weighted by Gasteiger charge is 2.32. The van der Waals surface area contributed by atoms with E-state index in [4.69, 9.17) is 0 Å². The van der Waals surface area contributed by atoms with Crippen molar-refractivity contribution in [1.29, 1.82) is 0 Å². The van der Waals surface area contributed by atoms with Gasteiger partial charge in [-0.3, -0.25) is 14.3 Å². The van der Waals surface area contributed by atoms with E-state index >= 15 is 0 Å². The normalized spacial score (nSPS) is 11.6. The number of hydrogen-bond acceptors (Lipinski definition) is 5. The van der Waals surface area contributed by atoms with Crippen LogP contribution in [0.2, 0.25) is 0 Å². The van der Waals surface area contributed by atoms with Gasteiger partial charge in [0.05, 0.1) is 17.4 Å². The number of anilines is 1. The molecular weight excluding hydrogens is 385 g/mol. The molecule has 4 rings (SSSR count). The highest BCUT2D eigenvalue weighted by molar-refractivity contribution is 5.87. The van der Waals surface area contributed by atoms with Crippen LogP contribution in [0.4, 0.5) is 19.0 Å². The van der Waals surface area contributed by atoms with E-state index in [1.807, 2.05) is 0 Å². The summed E-state index contributed by atoms with van der Waals surface area (Å²) in [5, 5.41) is 2.56. The van der Waals surface area contributed by atoms with Crippen molar-refractivity contribution in [2.75, 3.05) is 5.32 Å². The number of alkyl halides is 3. The van der Waals surface area contributed by atoms with Crippen LogP contribution in [0, 0.1) is 0 Å². The fourth-order valence-corrected chi connectivity index (χ4v) is 2.80. The fourth-order valence-electron chi connectivity index (χ4n) is 2.80. The van der Waals surface area contributed by atoms with Crippen LogP contribution < -0.4 is 5.32 Å². The molecule has 0 aromatic carbocycles. The zero-order chi connectivity index (χ0) is 20.6. The molecule has 0 atom stereocenters. The van der Waals surface area contributed by atoms with Crippen LogP contribution in [0.3, 0.4) is 0 Å². The summed E-state index contributed by atoms with van der Waals surface area (Å²) >= 11 is 0. The van der Waals surface area contributed by atoms with E-state index < -0.39 is 11.7 Å². The molecule has 10 heteroatoms. The minimum atomic E-state index is -4.53. The van der Waals surface area contributed by atoms with Crippen molar-refractivity contribution < 1.29 is 18.0 Å². The third-order valence-electron chi connectivity index (χ3n) is 4.03. The molecule has 29 heavy (non-hydrogen) atoms. The highest BCUT2D eigenvalue weighted by Crippen LogP contribution is 2.32. The largest absolute Gasteiger partial charge is 0.417 e. The van der Waals surface area contributed by atoms with Crippen LogP contribution in [-0.2, 0) is 11.0 Å². The van der Waals surface area contributed by atoms with Gasteiger partial charge in [-0.2, -0.15) is 13.2 Å². The van der Waals surface area contributed by atoms with Gasteiger partial charge in [-0.15, -0.1) is 0 Å². The van der Waals surface area contributed by atoms with E-state index in [2.05, 4.69) is 25.3 Å². The topological polar surface area (TPSA) is 85.6 Å². The molecule has 0 fully saturated rings. The molecule has 4 heterocycles. The number of halogens is 3. The summed E-state index contributed by atoms with van der Waals surface area (Å²) < 4.78 is 40.8. The molecule has 7 nitrogen and oxygen atoms in total. The Bertz CT molecular complexity index is 1190. The van der Waals surface area contributed by atoms with Gasteiger partial charge in [-0.25, -0.2) is 15.0 Å². The average Bonchev–Trinajstić information content (AvgIpc) is 3.07. The summed E-state index contributed by atoms with van der Waals surface area (Å²) in [6.45, 7) is 1.36. The van der Waals surface area contributed by atoms with Gasteiger partial charge in [0.2, 0.25) is 5.91 Å². The monoisotopic (exact) mass is 398 g/mol. The van der Waals surface area contributed by atoms with Gasteiger partial charge in [0.1, 0.15) is 17.0 Å². The number of carbonyl (C=O) groups is 1. The third kappa shape index (κ3) is 3.64. The second-order valence-electron chi connectivity index (χ2n) is 6.13. The standard InChI is InChI=1S/C19H13F3N6O/c1-11(29)26-16-6-5-13(10-24-16)28-17-15(8-12(9-25-17)19(20,21)22)27-18(28)14-4-2-3-7-23-14/h2-10H,1H3,(H,24,26,29). The molecule has 0 unspecified atom stereocenters. The number of amides is 1. The van der Waals surface area contributed by atoms with Crippen LogP contribution in [0.5, 0.6) is 0 Å². The summed E-state index contributed by atoms with van der Waals surface area (Å²) in [5.74, 6) is 0.396. The Balaban J connectivity index is 1.92. The van der Waals surface area contributed by atoms with Gasteiger partial charge in [0.25, 0.3) is 0 Å². The maximum Gasteiger partial charge on any atom is 0.417 e. The number of nitrogens with one attached hydrogen (secondary N) is 1. The summed E-state index contributed by atoms with van der Waals surface area (Å²) in [5.41, 5.74) is 0.389. The molecule has 1 N–H and O–H groups in total. The number of nitrogens with zero attached hydrogens (tertiary/aromatic N) is 5. The molecule has 0 aliphatic carbocycles. The van der Waals surface area contributed by atoms with E-state index in [0.717, 1.165) is 12.3 Å². The average molecular weight is 398 g/mol. The van der Waals surface area contributed by atoms with Crippen molar-refractivity contribution >= 4 is 22.9 Å². The maximum atomic E-state index is 13.1. The summed E-state index contributed by atoms with van der Waals surface area (Å²) in [6.07, 6.45) is -0.733. The first-order chi connectivity index (χ1) is 13.8. The van der Waals surface area contributed by atoms with Gasteiger partial charge in [0.15, 0.2) is 11.5 Å². The van der Waals surface area contributed by atoms with Gasteiger partial charge < -0.3 is 5.32 Å². The van der Waals surface area contributed by atoms with Crippen molar-refractivity contribution in [2.24, 2.45) is 0 Å². The molecule has 146 valence electrons. The Kier molecular flexibility index (Phi) is 4.45. The van der Waals surface area contributed by atoms with Crippen LogP contribution in [0.15, 0.2) is 55.0 Å². The first-order valence-electron chi connectivity index (χ1n) is 8.44. The van der Waals surface area contributed by atoms with Gasteiger partial charge in [0, 0.05) is 19.3 Å². The van der Waals surface area contributed by atoms with Crippen molar-refractivity contribution in [3.8, 4) is 17.2 Å². The number of rotatable bonds is 3. The first kappa shape index (κ1) is 18.5. The molecule has 0 spiro atoms. The van der Waals surface area contributed by atoms with Crippen LogP contribution in [0.1, 0.15) is 12.5 Å². The van der Waals surface area contributed by atoms with Crippen molar-refractivity contribution in [3.05, 3.63) is 60.6 Å². The van der Waals surface area contributed by atoms with Crippen molar-refractivity contribution in [2.45, 2.75) is 13.1 Å². The molecule has 4 aromatic heterocycles. The number of hydrogen-bond donors (Lipinski definition) is 1. The Hall–Kier alpha value is -3.82. The highest BCUT2D eigenvalue weighted by atomic mass is 19.4. The molecule has 0 radical (unpaired) electrons. The predicted octanol–water partition coefficient (Wildman–Crippen LogP) is 3.85. The number of aromatic nitrogens is 5. The quantitative estimate of drug-likeness (QED) is 0.567. The molecular formula is C19H13F3N6O. The zero-order valence-corrected chi connectivity index (χ0v) is 15.0. The minimum Gasteiger partial charge on any atom is -0.311 e.